The van der Waals surface area contributed by atoms with Crippen molar-refractivity contribution >= 4 is 40.5 Å². The maximum atomic E-state index is 13.7. The highest BCUT2D eigenvalue weighted by atomic mass is 35.5. The summed E-state index contributed by atoms with van der Waals surface area (Å²) < 4.78 is 50.7. The van der Waals surface area contributed by atoms with E-state index in [-0.39, 0.29) is 33.4 Å². The lowest BCUT2D eigenvalue weighted by atomic mass is 10.1. The van der Waals surface area contributed by atoms with E-state index in [0.717, 1.165) is 6.07 Å². The molecule has 13 heteroatoms. The molecule has 2 aromatic heterocycles. The molecule has 0 radical (unpaired) electrons. The van der Waals surface area contributed by atoms with Gasteiger partial charge >= 0.3 is 11.9 Å². The molecule has 0 atom stereocenters. The van der Waals surface area contributed by atoms with Crippen LogP contribution in [0.4, 0.5) is 24.5 Å². The SMILES string of the molecule is CN(C)c1cc(-c2noc(=O)[nH]2)c(NC(=O)c2cc(-c3ccc(Cl)cc3)oc2C(F)(F)F)cc1Cl. The average Bonchev–Trinajstić information content (AvgIpc) is 3.41. The molecule has 0 aliphatic rings. The van der Waals surface area contributed by atoms with E-state index < -0.39 is 29.2 Å². The number of benzene rings is 2. The first kappa shape index (κ1) is 24.4. The monoisotopic (exact) mass is 526 g/mol. The molecule has 0 spiro atoms. The van der Waals surface area contributed by atoms with Gasteiger partial charge in [0.1, 0.15) is 5.76 Å². The molecule has 1 amide bonds. The van der Waals surface area contributed by atoms with Crippen molar-refractivity contribution in [2.24, 2.45) is 0 Å². The minimum absolute atomic E-state index is 0.0162. The van der Waals surface area contributed by atoms with Crippen molar-refractivity contribution < 1.29 is 26.9 Å². The molecule has 182 valence electrons. The number of furan rings is 1. The van der Waals surface area contributed by atoms with Gasteiger partial charge in [0, 0.05) is 30.2 Å². The van der Waals surface area contributed by atoms with Gasteiger partial charge in [0.25, 0.3) is 5.91 Å². The number of alkyl halides is 3. The summed E-state index contributed by atoms with van der Waals surface area (Å²) >= 11 is 12.1. The van der Waals surface area contributed by atoms with Crippen LogP contribution in [0.3, 0.4) is 0 Å². The largest absolute Gasteiger partial charge is 0.451 e. The lowest BCUT2D eigenvalue weighted by molar-refractivity contribution is -0.153. The quantitative estimate of drug-likeness (QED) is 0.333. The van der Waals surface area contributed by atoms with E-state index in [9.17, 15) is 22.8 Å². The summed E-state index contributed by atoms with van der Waals surface area (Å²) in [7, 11) is 3.41. The number of carbonyl (C=O) groups excluding carboxylic acids is 1. The second-order valence-corrected chi connectivity index (χ2v) is 8.34. The topological polar surface area (TPSA) is 104 Å². The van der Waals surface area contributed by atoms with Crippen molar-refractivity contribution in [1.29, 1.82) is 0 Å². The Morgan fingerprint density at radius 2 is 1.80 bits per heavy atom. The zero-order valence-electron chi connectivity index (χ0n) is 18.0. The number of nitrogens with one attached hydrogen (secondary N) is 2. The van der Waals surface area contributed by atoms with Gasteiger partial charge in [-0.1, -0.05) is 28.4 Å². The molecule has 4 aromatic rings. The van der Waals surface area contributed by atoms with Crippen LogP contribution in [-0.4, -0.2) is 30.1 Å². The lowest BCUT2D eigenvalue weighted by Crippen LogP contribution is -2.18. The second-order valence-electron chi connectivity index (χ2n) is 7.50. The minimum atomic E-state index is -4.95. The third-order valence-corrected chi connectivity index (χ3v) is 5.43. The zero-order chi connectivity index (χ0) is 25.5. The van der Waals surface area contributed by atoms with Gasteiger partial charge in [-0.2, -0.15) is 13.2 Å². The number of halogens is 5. The Bertz CT molecular complexity index is 1460. The Labute approximate surface area is 205 Å². The van der Waals surface area contributed by atoms with Gasteiger partial charge in [-0.15, -0.1) is 0 Å². The Morgan fingerprint density at radius 1 is 1.11 bits per heavy atom. The van der Waals surface area contributed by atoms with Crippen molar-refractivity contribution in [3.63, 3.8) is 0 Å². The predicted octanol–water partition coefficient (Wildman–Crippen LogP) is 5.93. The fourth-order valence-corrected chi connectivity index (χ4v) is 3.72. The Morgan fingerprint density at radius 3 is 2.37 bits per heavy atom. The highest BCUT2D eigenvalue weighted by molar-refractivity contribution is 6.34. The molecule has 0 unspecified atom stereocenters. The van der Waals surface area contributed by atoms with Crippen LogP contribution in [0.25, 0.3) is 22.7 Å². The van der Waals surface area contributed by atoms with Crippen LogP contribution < -0.4 is 16.0 Å². The van der Waals surface area contributed by atoms with Crippen molar-refractivity contribution in [1.82, 2.24) is 10.1 Å². The maximum absolute atomic E-state index is 13.7. The van der Waals surface area contributed by atoms with Crippen LogP contribution in [0.15, 0.2) is 56.2 Å². The Hall–Kier alpha value is -3.70. The Kier molecular flexibility index (Phi) is 6.39. The number of hydrogen-bond acceptors (Lipinski definition) is 6. The average molecular weight is 527 g/mol. The molecule has 2 N–H and O–H groups in total. The fourth-order valence-electron chi connectivity index (χ4n) is 3.27. The molecule has 0 fully saturated rings. The second kappa shape index (κ2) is 9.16. The summed E-state index contributed by atoms with van der Waals surface area (Å²) in [5.41, 5.74) is 0.172. The zero-order valence-corrected chi connectivity index (χ0v) is 19.5. The number of anilines is 2. The minimum Gasteiger partial charge on any atom is -0.451 e. The lowest BCUT2D eigenvalue weighted by Gasteiger charge is -2.18. The summed E-state index contributed by atoms with van der Waals surface area (Å²) in [6.45, 7) is 0. The van der Waals surface area contributed by atoms with Crippen LogP contribution in [0.2, 0.25) is 10.0 Å². The highest BCUT2D eigenvalue weighted by Crippen LogP contribution is 2.39. The summed E-state index contributed by atoms with van der Waals surface area (Å²) in [6.07, 6.45) is -4.95. The van der Waals surface area contributed by atoms with Crippen molar-refractivity contribution in [2.45, 2.75) is 6.18 Å². The highest BCUT2D eigenvalue weighted by Gasteiger charge is 2.40. The number of aromatic amines is 1. The molecule has 0 saturated carbocycles. The Balaban J connectivity index is 1.79. The summed E-state index contributed by atoms with van der Waals surface area (Å²) in [5.74, 6) is -3.70. The van der Waals surface area contributed by atoms with Crippen molar-refractivity contribution in [2.75, 3.05) is 24.3 Å². The number of hydrogen-bond donors (Lipinski definition) is 2. The molecule has 35 heavy (non-hydrogen) atoms. The predicted molar refractivity (Wildman–Crippen MR) is 124 cm³/mol. The first-order chi connectivity index (χ1) is 16.4. The fraction of sp³-hybridized carbons (Fsp3) is 0.136. The van der Waals surface area contributed by atoms with Crippen LogP contribution in [0.5, 0.6) is 0 Å². The molecule has 8 nitrogen and oxygen atoms in total. The van der Waals surface area contributed by atoms with Gasteiger partial charge in [-0.3, -0.25) is 14.3 Å². The van der Waals surface area contributed by atoms with Crippen molar-refractivity contribution in [3.8, 4) is 22.7 Å². The molecule has 0 bridgehead atoms. The molecule has 0 saturated heterocycles. The standard InChI is InChI=1S/C22H15Cl2F3N4O4/c1-31(2)16-7-12(19-29-21(33)35-30-19)15(9-14(16)24)28-20(32)13-8-17(34-18(13)22(25,26)27)10-3-5-11(23)6-4-10/h3-9H,1-2H3,(H,28,32)(H,29,30,33). The first-order valence-electron chi connectivity index (χ1n) is 9.79. The van der Waals surface area contributed by atoms with Crippen LogP contribution in [-0.2, 0) is 6.18 Å². The van der Waals surface area contributed by atoms with E-state index in [0.29, 0.717) is 10.7 Å². The molecule has 0 aliphatic carbocycles. The van der Waals surface area contributed by atoms with Gasteiger partial charge in [-0.05, 0) is 42.5 Å². The number of rotatable bonds is 5. The summed E-state index contributed by atoms with van der Waals surface area (Å²) in [4.78, 5) is 28.5. The van der Waals surface area contributed by atoms with E-state index in [4.69, 9.17) is 27.6 Å². The van der Waals surface area contributed by atoms with E-state index in [1.165, 1.54) is 36.4 Å². The van der Waals surface area contributed by atoms with Gasteiger partial charge < -0.3 is 14.6 Å². The molecular weight excluding hydrogens is 512 g/mol. The molecular formula is C22H15Cl2F3N4O4. The van der Waals surface area contributed by atoms with Crippen LogP contribution >= 0.6 is 23.2 Å². The van der Waals surface area contributed by atoms with Crippen LogP contribution in [0.1, 0.15) is 16.1 Å². The first-order valence-corrected chi connectivity index (χ1v) is 10.5. The van der Waals surface area contributed by atoms with Gasteiger partial charge in [0.05, 0.1) is 22.0 Å². The number of carbonyl (C=O) groups is 1. The van der Waals surface area contributed by atoms with E-state index in [1.54, 1.807) is 19.0 Å². The van der Waals surface area contributed by atoms with Gasteiger partial charge in [0.2, 0.25) is 5.76 Å². The smallest absolute Gasteiger partial charge is 0.450 e. The third-order valence-electron chi connectivity index (χ3n) is 4.88. The van der Waals surface area contributed by atoms with Crippen molar-refractivity contribution in [3.05, 3.63) is 74.4 Å². The van der Waals surface area contributed by atoms with Crippen LogP contribution in [0, 0.1) is 0 Å². The number of amides is 1. The molecule has 0 aliphatic heterocycles. The third kappa shape index (κ3) is 5.05. The van der Waals surface area contributed by atoms with Gasteiger partial charge in [0.15, 0.2) is 5.82 Å². The number of nitrogens with zero attached hydrogens (tertiary/aromatic N) is 2. The summed E-state index contributed by atoms with van der Waals surface area (Å²) in [6, 6.07) is 9.67. The van der Waals surface area contributed by atoms with E-state index in [1.807, 2.05) is 0 Å². The normalized spacial score (nSPS) is 11.5. The van der Waals surface area contributed by atoms with E-state index in [2.05, 4.69) is 20.0 Å². The maximum Gasteiger partial charge on any atom is 0.450 e. The molecule has 2 heterocycles. The number of aromatic nitrogens is 2. The van der Waals surface area contributed by atoms with Gasteiger partial charge in [-0.25, -0.2) is 4.79 Å². The molecule has 4 rings (SSSR count). The van der Waals surface area contributed by atoms with E-state index >= 15 is 0 Å². The summed E-state index contributed by atoms with van der Waals surface area (Å²) in [5, 5.41) is 6.57. The number of H-pyrrole nitrogens is 1. The molecule has 2 aromatic carbocycles.